The number of likely N-dealkylation sites (N-methyl/N-ethyl adjacent to an activating group) is 1. The van der Waals surface area contributed by atoms with Gasteiger partial charge in [0.1, 0.15) is 23.0 Å². The van der Waals surface area contributed by atoms with Crippen LogP contribution in [0.4, 0.5) is 0 Å². The number of hydrogen-bond acceptors (Lipinski definition) is 4. The second kappa shape index (κ2) is 8.63. The summed E-state index contributed by atoms with van der Waals surface area (Å²) in [6.45, 7) is 9.81. The lowest BCUT2D eigenvalue weighted by Gasteiger charge is -2.33. The molecule has 0 aliphatic carbocycles. The third-order valence-electron chi connectivity index (χ3n) is 2.25. The summed E-state index contributed by atoms with van der Waals surface area (Å²) in [5.74, 6) is 0. The minimum absolute atomic E-state index is 0.209. The van der Waals surface area contributed by atoms with E-state index >= 15 is 0 Å². The zero-order chi connectivity index (χ0) is 12.6. The second-order valence-corrected chi connectivity index (χ2v) is 5.13. The third kappa shape index (κ3) is 7.01. The van der Waals surface area contributed by atoms with E-state index in [1.807, 2.05) is 57.7 Å². The summed E-state index contributed by atoms with van der Waals surface area (Å²) in [7, 11) is 1.91. The van der Waals surface area contributed by atoms with Crippen LogP contribution in [0.3, 0.4) is 0 Å². The Morgan fingerprint density at radius 3 is 1.69 bits per heavy atom. The Morgan fingerprint density at radius 2 is 1.44 bits per heavy atom. The van der Waals surface area contributed by atoms with Crippen molar-refractivity contribution < 1.29 is 12.5 Å². The van der Waals surface area contributed by atoms with Gasteiger partial charge in [-0.1, -0.05) is 0 Å². The standard InChI is InChI=1S/C11H24INO3/c1-9(2)14-6-11(13-5,8-16-12)7-15-10(3)4/h9-10,13H,6-8H2,1-5H3. The van der Waals surface area contributed by atoms with Gasteiger partial charge in [0, 0.05) is 0 Å². The molecule has 0 radical (unpaired) electrons. The summed E-state index contributed by atoms with van der Waals surface area (Å²) in [5.41, 5.74) is -0.268. The minimum atomic E-state index is -0.268. The largest absolute Gasteiger partial charge is 0.377 e. The van der Waals surface area contributed by atoms with Gasteiger partial charge in [0.2, 0.25) is 0 Å². The van der Waals surface area contributed by atoms with Crippen molar-refractivity contribution in [3.63, 3.8) is 0 Å². The molecule has 0 aliphatic heterocycles. The molecule has 0 aromatic rings. The Morgan fingerprint density at radius 1 is 1.00 bits per heavy atom. The summed E-state index contributed by atoms with van der Waals surface area (Å²) < 4.78 is 16.5. The molecule has 0 rings (SSSR count). The maximum Gasteiger partial charge on any atom is 0.109 e. The van der Waals surface area contributed by atoms with Crippen LogP contribution in [0.25, 0.3) is 0 Å². The molecule has 16 heavy (non-hydrogen) atoms. The molecular formula is C11H24INO3. The molecule has 1 N–H and O–H groups in total. The molecule has 0 atom stereocenters. The van der Waals surface area contributed by atoms with Crippen LogP contribution >= 0.6 is 23.0 Å². The highest BCUT2D eigenvalue weighted by Crippen LogP contribution is 2.11. The number of ether oxygens (including phenoxy) is 2. The van der Waals surface area contributed by atoms with Crippen molar-refractivity contribution in [2.75, 3.05) is 26.9 Å². The van der Waals surface area contributed by atoms with E-state index in [1.54, 1.807) is 0 Å². The van der Waals surface area contributed by atoms with E-state index in [0.717, 1.165) is 0 Å². The van der Waals surface area contributed by atoms with Gasteiger partial charge in [0.15, 0.2) is 0 Å². The molecule has 0 heterocycles. The van der Waals surface area contributed by atoms with Crippen LogP contribution in [-0.4, -0.2) is 44.6 Å². The lowest BCUT2D eigenvalue weighted by molar-refractivity contribution is -0.0390. The highest BCUT2D eigenvalue weighted by molar-refractivity contribution is 14.1. The number of halogens is 1. The minimum Gasteiger partial charge on any atom is -0.377 e. The Hall–Kier alpha value is 0.570. The first-order valence-electron chi connectivity index (χ1n) is 5.61. The van der Waals surface area contributed by atoms with Crippen LogP contribution in [-0.2, 0) is 12.5 Å². The van der Waals surface area contributed by atoms with Gasteiger partial charge in [-0.2, -0.15) is 0 Å². The summed E-state index contributed by atoms with van der Waals surface area (Å²) in [6.07, 6.45) is 0.418. The second-order valence-electron chi connectivity index (χ2n) is 4.50. The maximum atomic E-state index is 5.66. The molecule has 98 valence electrons. The van der Waals surface area contributed by atoms with E-state index in [-0.39, 0.29) is 17.7 Å². The Balaban J connectivity index is 4.31. The van der Waals surface area contributed by atoms with Crippen molar-refractivity contribution in [2.45, 2.75) is 45.4 Å². The van der Waals surface area contributed by atoms with E-state index in [4.69, 9.17) is 12.5 Å². The molecule has 0 aromatic carbocycles. The zero-order valence-electron chi connectivity index (χ0n) is 10.9. The average molecular weight is 345 g/mol. The summed E-state index contributed by atoms with van der Waals surface area (Å²) in [5, 5.41) is 3.25. The highest BCUT2D eigenvalue weighted by Gasteiger charge is 2.30. The van der Waals surface area contributed by atoms with Crippen molar-refractivity contribution in [2.24, 2.45) is 0 Å². The van der Waals surface area contributed by atoms with Crippen molar-refractivity contribution in [3.8, 4) is 0 Å². The van der Waals surface area contributed by atoms with E-state index in [1.165, 1.54) is 0 Å². The average Bonchev–Trinajstić information content (AvgIpc) is 2.22. The molecule has 0 amide bonds. The molecule has 0 aliphatic rings. The van der Waals surface area contributed by atoms with Crippen LogP contribution < -0.4 is 5.32 Å². The topological polar surface area (TPSA) is 39.7 Å². The van der Waals surface area contributed by atoms with Crippen molar-refractivity contribution in [3.05, 3.63) is 0 Å². The van der Waals surface area contributed by atoms with Gasteiger partial charge in [-0.3, -0.25) is 0 Å². The lowest BCUT2D eigenvalue weighted by atomic mass is 10.0. The molecule has 0 saturated carbocycles. The molecule has 4 nitrogen and oxygen atoms in total. The van der Waals surface area contributed by atoms with Gasteiger partial charge in [-0.25, -0.2) is 0 Å². The molecule has 0 spiro atoms. The van der Waals surface area contributed by atoms with Gasteiger partial charge in [0.05, 0.1) is 37.6 Å². The van der Waals surface area contributed by atoms with Crippen molar-refractivity contribution in [1.82, 2.24) is 5.32 Å². The highest BCUT2D eigenvalue weighted by atomic mass is 127. The first-order valence-corrected chi connectivity index (χ1v) is 6.49. The predicted molar refractivity (Wildman–Crippen MR) is 73.9 cm³/mol. The van der Waals surface area contributed by atoms with Crippen LogP contribution in [0, 0.1) is 0 Å². The smallest absolute Gasteiger partial charge is 0.109 e. The first-order chi connectivity index (χ1) is 7.45. The number of nitrogens with one attached hydrogen (secondary N) is 1. The van der Waals surface area contributed by atoms with E-state index in [9.17, 15) is 0 Å². The quantitative estimate of drug-likeness (QED) is 0.650. The maximum absolute atomic E-state index is 5.66. The third-order valence-corrected chi connectivity index (χ3v) is 2.56. The first kappa shape index (κ1) is 16.6. The fourth-order valence-electron chi connectivity index (χ4n) is 1.10. The molecule has 0 unspecified atom stereocenters. The van der Waals surface area contributed by atoms with Gasteiger partial charge < -0.3 is 17.9 Å². The molecular weight excluding hydrogens is 321 g/mol. The molecule has 0 fully saturated rings. The van der Waals surface area contributed by atoms with Gasteiger partial charge in [-0.05, 0) is 34.7 Å². The van der Waals surface area contributed by atoms with Crippen LogP contribution in [0.1, 0.15) is 27.7 Å². The van der Waals surface area contributed by atoms with Crippen molar-refractivity contribution >= 4 is 23.0 Å². The molecule has 5 heteroatoms. The SMILES string of the molecule is CNC(COI)(COC(C)C)COC(C)C. The van der Waals surface area contributed by atoms with Crippen LogP contribution in [0.2, 0.25) is 0 Å². The van der Waals surface area contributed by atoms with Gasteiger partial charge in [0.25, 0.3) is 0 Å². The summed E-state index contributed by atoms with van der Waals surface area (Å²) in [6, 6.07) is 0. The monoisotopic (exact) mass is 345 g/mol. The number of rotatable bonds is 9. The van der Waals surface area contributed by atoms with E-state index < -0.39 is 0 Å². The fourth-order valence-corrected chi connectivity index (χ4v) is 1.69. The Bertz CT molecular complexity index is 165. The normalized spacial score (nSPS) is 12.8. The van der Waals surface area contributed by atoms with Gasteiger partial charge >= 0.3 is 0 Å². The van der Waals surface area contributed by atoms with E-state index in [0.29, 0.717) is 19.8 Å². The fraction of sp³-hybridized carbons (Fsp3) is 1.00. The number of hydrogen-bond donors (Lipinski definition) is 1. The molecule has 0 saturated heterocycles. The van der Waals surface area contributed by atoms with Crippen LogP contribution in [0.15, 0.2) is 0 Å². The van der Waals surface area contributed by atoms with E-state index in [2.05, 4.69) is 5.32 Å². The lowest BCUT2D eigenvalue weighted by Crippen LogP contribution is -2.55. The summed E-state index contributed by atoms with van der Waals surface area (Å²) >= 11 is 1.90. The van der Waals surface area contributed by atoms with Gasteiger partial charge in [-0.15, -0.1) is 0 Å². The van der Waals surface area contributed by atoms with Crippen molar-refractivity contribution in [1.29, 1.82) is 0 Å². The summed E-state index contributed by atoms with van der Waals surface area (Å²) in [4.78, 5) is 0. The van der Waals surface area contributed by atoms with Crippen LogP contribution in [0.5, 0.6) is 0 Å². The zero-order valence-corrected chi connectivity index (χ0v) is 13.0. The Labute approximate surface area is 113 Å². The molecule has 0 bridgehead atoms. The predicted octanol–water partition coefficient (Wildman–Crippen LogP) is 2.16. The Kier molecular flexibility index (Phi) is 8.94. The molecule has 0 aromatic heterocycles.